The summed E-state index contributed by atoms with van der Waals surface area (Å²) in [5.41, 5.74) is 2.19. The van der Waals surface area contributed by atoms with Crippen molar-refractivity contribution >= 4 is 35.2 Å². The summed E-state index contributed by atoms with van der Waals surface area (Å²) in [5, 5.41) is 6.13. The number of hydrogen-bond acceptors (Lipinski definition) is 3. The quantitative estimate of drug-likeness (QED) is 0.720. The van der Waals surface area contributed by atoms with Crippen LogP contribution in [0.1, 0.15) is 30.2 Å². The maximum Gasteiger partial charge on any atom is 0.242 e. The number of benzene rings is 2. The molecule has 0 saturated carbocycles. The van der Waals surface area contributed by atoms with Crippen LogP contribution in [0.2, 0.25) is 5.02 Å². The average molecular weight is 391 g/mol. The first kappa shape index (κ1) is 20.3. The van der Waals surface area contributed by atoms with E-state index in [2.05, 4.69) is 10.6 Å². The Labute approximate surface area is 163 Å². The van der Waals surface area contributed by atoms with Gasteiger partial charge in [0.15, 0.2) is 0 Å². The van der Waals surface area contributed by atoms with Crippen LogP contribution in [0.25, 0.3) is 0 Å². The van der Waals surface area contributed by atoms with Crippen LogP contribution >= 0.6 is 23.4 Å². The Bertz CT molecular complexity index is 722. The van der Waals surface area contributed by atoms with E-state index < -0.39 is 6.04 Å². The first-order valence-corrected chi connectivity index (χ1v) is 9.93. The van der Waals surface area contributed by atoms with Gasteiger partial charge in [0.25, 0.3) is 0 Å². The van der Waals surface area contributed by atoms with Crippen molar-refractivity contribution in [1.82, 2.24) is 10.6 Å². The van der Waals surface area contributed by atoms with E-state index in [0.29, 0.717) is 11.6 Å². The van der Waals surface area contributed by atoms with E-state index in [0.717, 1.165) is 11.1 Å². The first-order valence-electron chi connectivity index (χ1n) is 8.50. The van der Waals surface area contributed by atoms with Crippen molar-refractivity contribution in [2.75, 3.05) is 12.3 Å². The van der Waals surface area contributed by atoms with Crippen molar-refractivity contribution in [3.05, 3.63) is 70.7 Å². The molecule has 0 fully saturated rings. The summed E-state index contributed by atoms with van der Waals surface area (Å²) in [6, 6.07) is 17.1. The number of thioether (sulfide) groups is 1. The summed E-state index contributed by atoms with van der Waals surface area (Å²) in [5.74, 6) is -0.0850. The largest absolute Gasteiger partial charge is 0.355 e. The molecular formula is C20H23ClN2O2S. The number of amides is 2. The molecule has 138 valence electrons. The van der Waals surface area contributed by atoms with Crippen molar-refractivity contribution < 1.29 is 9.59 Å². The lowest BCUT2D eigenvalue weighted by Gasteiger charge is -2.19. The third kappa shape index (κ3) is 6.07. The fourth-order valence-corrected chi connectivity index (χ4v) is 3.71. The second kappa shape index (κ2) is 10.2. The molecule has 26 heavy (non-hydrogen) atoms. The van der Waals surface area contributed by atoms with Gasteiger partial charge in [-0.15, -0.1) is 11.8 Å². The molecule has 6 heteroatoms. The van der Waals surface area contributed by atoms with Gasteiger partial charge in [-0.05, 0) is 37.1 Å². The number of carbonyl (C=O) groups excluding carboxylic acids is 2. The van der Waals surface area contributed by atoms with Crippen LogP contribution in [0.15, 0.2) is 54.6 Å². The van der Waals surface area contributed by atoms with Crippen molar-refractivity contribution in [2.24, 2.45) is 0 Å². The van der Waals surface area contributed by atoms with Gasteiger partial charge in [0.2, 0.25) is 11.8 Å². The van der Waals surface area contributed by atoms with Crippen molar-refractivity contribution in [3.8, 4) is 0 Å². The van der Waals surface area contributed by atoms with Gasteiger partial charge in [-0.25, -0.2) is 0 Å². The molecule has 2 rings (SSSR count). The molecule has 0 saturated heterocycles. The molecule has 2 amide bonds. The highest BCUT2D eigenvalue weighted by Crippen LogP contribution is 2.35. The van der Waals surface area contributed by atoms with E-state index in [4.69, 9.17) is 11.6 Å². The maximum atomic E-state index is 12.3. The number of rotatable bonds is 8. The van der Waals surface area contributed by atoms with Gasteiger partial charge in [0, 0.05) is 11.6 Å². The third-order valence-electron chi connectivity index (χ3n) is 3.78. The molecule has 0 bridgehead atoms. The van der Waals surface area contributed by atoms with Crippen molar-refractivity contribution in [1.29, 1.82) is 0 Å². The number of halogens is 1. The van der Waals surface area contributed by atoms with Gasteiger partial charge in [-0.1, -0.05) is 54.1 Å². The highest BCUT2D eigenvalue weighted by atomic mass is 35.5. The van der Waals surface area contributed by atoms with E-state index in [9.17, 15) is 9.59 Å². The molecule has 0 spiro atoms. The van der Waals surface area contributed by atoms with Crippen LogP contribution in [0, 0.1) is 0 Å². The van der Waals surface area contributed by atoms with E-state index in [1.54, 1.807) is 6.92 Å². The Hall–Kier alpha value is -1.98. The molecule has 0 aliphatic rings. The summed E-state index contributed by atoms with van der Waals surface area (Å²) < 4.78 is 0. The molecule has 0 radical (unpaired) electrons. The van der Waals surface area contributed by atoms with Crippen LogP contribution in [0.5, 0.6) is 0 Å². The summed E-state index contributed by atoms with van der Waals surface area (Å²) in [4.78, 5) is 24.0. The zero-order valence-electron chi connectivity index (χ0n) is 14.9. The summed E-state index contributed by atoms with van der Waals surface area (Å²) in [6.45, 7) is 4.07. The van der Waals surface area contributed by atoms with E-state index >= 15 is 0 Å². The fraction of sp³-hybridized carbons (Fsp3) is 0.300. The van der Waals surface area contributed by atoms with E-state index in [1.807, 2.05) is 61.5 Å². The lowest BCUT2D eigenvalue weighted by molar-refractivity contribution is -0.127. The number of carbonyl (C=O) groups is 2. The van der Waals surface area contributed by atoms with Gasteiger partial charge >= 0.3 is 0 Å². The van der Waals surface area contributed by atoms with Crippen LogP contribution in [-0.4, -0.2) is 30.2 Å². The second-order valence-electron chi connectivity index (χ2n) is 5.84. The van der Waals surface area contributed by atoms with Gasteiger partial charge < -0.3 is 10.6 Å². The Kier molecular flexibility index (Phi) is 8.01. The molecule has 4 nitrogen and oxygen atoms in total. The fourth-order valence-electron chi connectivity index (χ4n) is 2.49. The summed E-state index contributed by atoms with van der Waals surface area (Å²) in [7, 11) is 0. The zero-order valence-corrected chi connectivity index (χ0v) is 16.4. The van der Waals surface area contributed by atoms with Gasteiger partial charge in [0.1, 0.15) is 6.04 Å². The molecule has 0 aromatic heterocycles. The zero-order chi connectivity index (χ0) is 18.9. The Morgan fingerprint density at radius 3 is 2.27 bits per heavy atom. The smallest absolute Gasteiger partial charge is 0.242 e. The topological polar surface area (TPSA) is 58.2 Å². The molecule has 0 aliphatic heterocycles. The van der Waals surface area contributed by atoms with Crippen LogP contribution < -0.4 is 10.6 Å². The molecule has 2 N–H and O–H groups in total. The van der Waals surface area contributed by atoms with Crippen molar-refractivity contribution in [3.63, 3.8) is 0 Å². The minimum Gasteiger partial charge on any atom is -0.355 e. The highest BCUT2D eigenvalue weighted by Gasteiger charge is 2.19. The molecular weight excluding hydrogens is 368 g/mol. The normalized spacial score (nSPS) is 12.9. The van der Waals surface area contributed by atoms with Gasteiger partial charge in [-0.2, -0.15) is 0 Å². The number of likely N-dealkylation sites (N-methyl/N-ethyl adjacent to an activating group) is 1. The molecule has 2 aromatic rings. The molecule has 0 heterocycles. The lowest BCUT2D eigenvalue weighted by Crippen LogP contribution is -2.45. The standard InChI is InChI=1S/C20H23ClN2O2S/c1-3-22-20(25)14(2)23-18(24)13-26-19(15-7-5-4-6-8-15)16-9-11-17(21)12-10-16/h4-12,14,19H,3,13H2,1-2H3,(H,22,25)(H,23,24)/t14-,19-/m1/s1. The average Bonchev–Trinajstić information content (AvgIpc) is 2.64. The second-order valence-corrected chi connectivity index (χ2v) is 7.37. The molecule has 0 unspecified atom stereocenters. The van der Waals surface area contributed by atoms with Crippen molar-refractivity contribution in [2.45, 2.75) is 25.1 Å². The molecule has 0 aliphatic carbocycles. The SMILES string of the molecule is CCNC(=O)[C@@H](C)NC(=O)CS[C@H](c1ccccc1)c1ccc(Cl)cc1. The number of nitrogens with one attached hydrogen (secondary N) is 2. The predicted molar refractivity (Wildman–Crippen MR) is 108 cm³/mol. The first-order chi connectivity index (χ1) is 12.5. The minimum absolute atomic E-state index is 0.0130. The Balaban J connectivity index is 2.04. The monoisotopic (exact) mass is 390 g/mol. The van der Waals surface area contributed by atoms with E-state index in [-0.39, 0.29) is 22.8 Å². The molecule has 2 atom stereocenters. The Morgan fingerprint density at radius 1 is 1.04 bits per heavy atom. The van der Waals surface area contributed by atoms with E-state index in [1.165, 1.54) is 11.8 Å². The minimum atomic E-state index is -0.547. The van der Waals surface area contributed by atoms with Gasteiger partial charge in [-0.3, -0.25) is 9.59 Å². The van der Waals surface area contributed by atoms with Crippen LogP contribution in [0.3, 0.4) is 0 Å². The lowest BCUT2D eigenvalue weighted by atomic mass is 10.0. The summed E-state index contributed by atoms with van der Waals surface area (Å²) >= 11 is 7.52. The third-order valence-corrected chi connectivity index (χ3v) is 5.34. The Morgan fingerprint density at radius 2 is 1.65 bits per heavy atom. The van der Waals surface area contributed by atoms with Gasteiger partial charge in [0.05, 0.1) is 11.0 Å². The molecule has 2 aromatic carbocycles. The summed E-state index contributed by atoms with van der Waals surface area (Å²) in [6.07, 6.45) is 0. The predicted octanol–water partition coefficient (Wildman–Crippen LogP) is 3.80. The maximum absolute atomic E-state index is 12.3. The van der Waals surface area contributed by atoms with Crippen LogP contribution in [-0.2, 0) is 9.59 Å². The highest BCUT2D eigenvalue weighted by molar-refractivity contribution is 8.00. The van der Waals surface area contributed by atoms with Crippen LogP contribution in [0.4, 0.5) is 0 Å². The number of hydrogen-bond donors (Lipinski definition) is 2.